The Morgan fingerprint density at radius 3 is 2.13 bits per heavy atom. The first-order valence-corrected chi connectivity index (χ1v) is 6.28. The van der Waals surface area contributed by atoms with Crippen molar-refractivity contribution in [2.75, 3.05) is 6.61 Å². The molecule has 0 unspecified atom stereocenters. The number of ether oxygens (including phenoxy) is 2. The lowest BCUT2D eigenvalue weighted by Gasteiger charge is -2.22. The second-order valence-electron chi connectivity index (χ2n) is 4.35. The SMILES string of the molecule is CCOC(=O)C(F)(F)[C@H](N)c1ccc(OC(F)(F)C(F)F)cc1. The van der Waals surface area contributed by atoms with E-state index in [-0.39, 0.29) is 12.2 Å². The molecule has 0 heterocycles. The quantitative estimate of drug-likeness (QED) is 0.609. The van der Waals surface area contributed by atoms with Crippen LogP contribution in [0.3, 0.4) is 0 Å². The van der Waals surface area contributed by atoms with Gasteiger partial charge < -0.3 is 15.2 Å². The molecule has 1 atom stereocenters. The van der Waals surface area contributed by atoms with E-state index in [1.165, 1.54) is 6.92 Å². The molecule has 0 saturated heterocycles. The van der Waals surface area contributed by atoms with Crippen LogP contribution in [0.2, 0.25) is 0 Å². The van der Waals surface area contributed by atoms with Crippen molar-refractivity contribution in [2.24, 2.45) is 5.73 Å². The Morgan fingerprint density at radius 2 is 1.70 bits per heavy atom. The number of esters is 1. The summed E-state index contributed by atoms with van der Waals surface area (Å²) in [5, 5.41) is 0. The number of alkyl halides is 6. The molecule has 0 aliphatic heterocycles. The minimum Gasteiger partial charge on any atom is -0.462 e. The third-order valence-electron chi connectivity index (χ3n) is 2.69. The normalized spacial score (nSPS) is 13.8. The first kappa shape index (κ1) is 19.1. The molecule has 1 aromatic carbocycles. The lowest BCUT2D eigenvalue weighted by molar-refractivity contribution is -0.253. The number of halogens is 6. The molecule has 0 amide bonds. The summed E-state index contributed by atoms with van der Waals surface area (Å²) in [6.07, 6.45) is -8.78. The molecule has 0 fully saturated rings. The molecule has 10 heteroatoms. The van der Waals surface area contributed by atoms with Gasteiger partial charge in [0.25, 0.3) is 0 Å². The van der Waals surface area contributed by atoms with Crippen LogP contribution in [0, 0.1) is 0 Å². The molecule has 1 aromatic rings. The van der Waals surface area contributed by atoms with Crippen LogP contribution in [-0.4, -0.2) is 31.0 Å². The van der Waals surface area contributed by atoms with Gasteiger partial charge in [0.05, 0.1) is 6.61 Å². The highest BCUT2D eigenvalue weighted by Crippen LogP contribution is 2.33. The van der Waals surface area contributed by atoms with Crippen molar-refractivity contribution in [3.8, 4) is 5.75 Å². The predicted octanol–water partition coefficient (Wildman–Crippen LogP) is 3.12. The summed E-state index contributed by atoms with van der Waals surface area (Å²) in [6.45, 7) is 1.05. The summed E-state index contributed by atoms with van der Waals surface area (Å²) >= 11 is 0. The van der Waals surface area contributed by atoms with Crippen molar-refractivity contribution in [2.45, 2.75) is 31.4 Å². The maximum atomic E-state index is 13.7. The molecule has 1 rings (SSSR count). The van der Waals surface area contributed by atoms with Crippen LogP contribution in [0.5, 0.6) is 5.75 Å². The van der Waals surface area contributed by atoms with Crippen LogP contribution in [-0.2, 0) is 9.53 Å². The molecule has 0 aliphatic rings. The number of rotatable bonds is 7. The van der Waals surface area contributed by atoms with Crippen molar-refractivity contribution >= 4 is 5.97 Å². The zero-order valence-corrected chi connectivity index (χ0v) is 11.7. The molecular formula is C13H13F6NO3. The van der Waals surface area contributed by atoms with Gasteiger partial charge >= 0.3 is 24.4 Å². The molecule has 0 bridgehead atoms. The highest BCUT2D eigenvalue weighted by molar-refractivity contribution is 5.78. The van der Waals surface area contributed by atoms with Crippen LogP contribution >= 0.6 is 0 Å². The van der Waals surface area contributed by atoms with Crippen LogP contribution in [0.25, 0.3) is 0 Å². The van der Waals surface area contributed by atoms with Gasteiger partial charge in [0.1, 0.15) is 11.8 Å². The summed E-state index contributed by atoms with van der Waals surface area (Å²) < 4.78 is 84.7. The van der Waals surface area contributed by atoms with E-state index in [0.717, 1.165) is 24.3 Å². The van der Waals surface area contributed by atoms with Gasteiger partial charge in [-0.15, -0.1) is 0 Å². The van der Waals surface area contributed by atoms with E-state index in [1.807, 2.05) is 0 Å². The largest absolute Gasteiger partial charge is 0.462 e. The van der Waals surface area contributed by atoms with Gasteiger partial charge in [-0.3, -0.25) is 0 Å². The zero-order chi connectivity index (χ0) is 17.8. The Morgan fingerprint density at radius 1 is 1.17 bits per heavy atom. The summed E-state index contributed by atoms with van der Waals surface area (Å²) in [4.78, 5) is 11.1. The highest BCUT2D eigenvalue weighted by atomic mass is 19.3. The molecule has 130 valence electrons. The van der Waals surface area contributed by atoms with Gasteiger partial charge in [-0.05, 0) is 24.6 Å². The molecule has 0 aromatic heterocycles. The van der Waals surface area contributed by atoms with E-state index in [9.17, 15) is 31.1 Å². The van der Waals surface area contributed by atoms with Crippen molar-refractivity contribution in [3.05, 3.63) is 29.8 Å². The first-order chi connectivity index (χ1) is 10.5. The predicted molar refractivity (Wildman–Crippen MR) is 66.5 cm³/mol. The Balaban J connectivity index is 2.90. The van der Waals surface area contributed by atoms with Crippen LogP contribution in [0.1, 0.15) is 18.5 Å². The fraction of sp³-hybridized carbons (Fsp3) is 0.462. The van der Waals surface area contributed by atoms with E-state index in [1.54, 1.807) is 0 Å². The molecule has 2 N–H and O–H groups in total. The first-order valence-electron chi connectivity index (χ1n) is 6.28. The summed E-state index contributed by atoms with van der Waals surface area (Å²) in [6, 6.07) is 1.12. The van der Waals surface area contributed by atoms with Crippen LogP contribution < -0.4 is 10.5 Å². The van der Waals surface area contributed by atoms with Crippen LogP contribution in [0.4, 0.5) is 26.3 Å². The van der Waals surface area contributed by atoms with E-state index < -0.39 is 36.2 Å². The molecule has 0 radical (unpaired) electrons. The molecule has 0 aliphatic carbocycles. The number of benzene rings is 1. The topological polar surface area (TPSA) is 61.5 Å². The lowest BCUT2D eigenvalue weighted by Crippen LogP contribution is -2.41. The Bertz CT molecular complexity index is 535. The van der Waals surface area contributed by atoms with Crippen molar-refractivity contribution in [1.29, 1.82) is 0 Å². The minimum atomic E-state index is -4.72. The van der Waals surface area contributed by atoms with Crippen molar-refractivity contribution in [1.82, 2.24) is 0 Å². The fourth-order valence-corrected chi connectivity index (χ4v) is 1.51. The van der Waals surface area contributed by atoms with Gasteiger partial charge in [0, 0.05) is 0 Å². The highest BCUT2D eigenvalue weighted by Gasteiger charge is 2.48. The van der Waals surface area contributed by atoms with E-state index in [0.29, 0.717) is 0 Å². The maximum absolute atomic E-state index is 13.7. The van der Waals surface area contributed by atoms with Crippen LogP contribution in [0.15, 0.2) is 24.3 Å². The van der Waals surface area contributed by atoms with E-state index >= 15 is 0 Å². The third kappa shape index (κ3) is 4.50. The number of carbonyl (C=O) groups excluding carboxylic acids is 1. The van der Waals surface area contributed by atoms with Gasteiger partial charge in [0.2, 0.25) is 0 Å². The number of nitrogens with two attached hydrogens (primary N) is 1. The van der Waals surface area contributed by atoms with Gasteiger partial charge in [-0.2, -0.15) is 26.3 Å². The maximum Gasteiger partial charge on any atom is 0.461 e. The summed E-state index contributed by atoms with van der Waals surface area (Å²) in [5.74, 6) is -6.56. The lowest BCUT2D eigenvalue weighted by atomic mass is 10.0. The molecular weight excluding hydrogens is 332 g/mol. The van der Waals surface area contributed by atoms with Crippen molar-refractivity contribution < 1.29 is 40.6 Å². The standard InChI is InChI=1S/C13H13F6NO3/c1-2-22-11(21)12(16,17)9(20)7-3-5-8(6-4-7)23-13(18,19)10(14)15/h3-6,9-10H,2,20H2,1H3/t9-/m1/s1. The van der Waals surface area contributed by atoms with Gasteiger partial charge in [-0.25, -0.2) is 4.79 Å². The average Bonchev–Trinajstić information content (AvgIpc) is 2.47. The molecule has 4 nitrogen and oxygen atoms in total. The summed E-state index contributed by atoms with van der Waals surface area (Å²) in [7, 11) is 0. The number of carbonyl (C=O) groups is 1. The number of hydrogen-bond donors (Lipinski definition) is 1. The van der Waals surface area contributed by atoms with Crippen molar-refractivity contribution in [3.63, 3.8) is 0 Å². The number of hydrogen-bond acceptors (Lipinski definition) is 4. The Hall–Kier alpha value is -1.97. The Labute approximate surface area is 127 Å². The average molecular weight is 345 g/mol. The second kappa shape index (κ2) is 7.07. The third-order valence-corrected chi connectivity index (χ3v) is 2.69. The zero-order valence-electron chi connectivity index (χ0n) is 11.7. The second-order valence-corrected chi connectivity index (χ2v) is 4.35. The summed E-state index contributed by atoms with van der Waals surface area (Å²) in [5.41, 5.74) is 4.97. The van der Waals surface area contributed by atoms with Gasteiger partial charge in [0.15, 0.2) is 0 Å². The monoisotopic (exact) mass is 345 g/mol. The fourth-order valence-electron chi connectivity index (χ4n) is 1.51. The minimum absolute atomic E-state index is 0.281. The smallest absolute Gasteiger partial charge is 0.461 e. The van der Waals surface area contributed by atoms with E-state index in [4.69, 9.17) is 5.73 Å². The molecule has 0 spiro atoms. The molecule has 0 saturated carbocycles. The van der Waals surface area contributed by atoms with Gasteiger partial charge in [-0.1, -0.05) is 12.1 Å². The van der Waals surface area contributed by atoms with E-state index in [2.05, 4.69) is 9.47 Å². The molecule has 23 heavy (non-hydrogen) atoms. The Kier molecular flexibility index (Phi) is 5.86.